The minimum absolute atomic E-state index is 0.156. The number of nitrogens with zero attached hydrogens (tertiary/aromatic N) is 1. The molecule has 0 fully saturated rings. The Morgan fingerprint density at radius 3 is 2.36 bits per heavy atom. The molecule has 0 N–H and O–H groups in total. The van der Waals surface area contributed by atoms with Crippen LogP contribution in [0.15, 0.2) is 18.2 Å². The van der Waals surface area contributed by atoms with Gasteiger partial charge in [-0.25, -0.2) is 9.59 Å². The summed E-state index contributed by atoms with van der Waals surface area (Å²) in [6.07, 6.45) is 0. The summed E-state index contributed by atoms with van der Waals surface area (Å²) in [5.74, 6) is -1.70. The number of rotatable bonds is 6. The van der Waals surface area contributed by atoms with E-state index in [1.165, 1.54) is 12.1 Å². The Morgan fingerprint density at radius 1 is 1.23 bits per heavy atom. The third kappa shape index (κ3) is 4.66. The van der Waals surface area contributed by atoms with Gasteiger partial charge in [0.05, 0.1) is 24.2 Å². The van der Waals surface area contributed by atoms with Gasteiger partial charge in [-0.1, -0.05) is 25.7 Å². The fourth-order valence-corrected chi connectivity index (χ4v) is 2.42. The second kappa shape index (κ2) is 7.17. The van der Waals surface area contributed by atoms with E-state index >= 15 is 0 Å². The van der Waals surface area contributed by atoms with E-state index in [4.69, 9.17) is 4.74 Å². The minimum Gasteiger partial charge on any atom is -0.465 e. The maximum atomic E-state index is 12.1. The highest BCUT2D eigenvalue weighted by molar-refractivity contribution is 6.76. The number of methoxy groups -OCH3 is 1. The van der Waals surface area contributed by atoms with Crippen LogP contribution in [0, 0.1) is 10.1 Å². The quantitative estimate of drug-likeness (QED) is 0.345. The highest BCUT2D eigenvalue weighted by atomic mass is 28.3. The fourth-order valence-electron chi connectivity index (χ4n) is 1.71. The number of esters is 2. The molecule has 0 radical (unpaired) electrons. The zero-order valence-electron chi connectivity index (χ0n) is 13.0. The summed E-state index contributed by atoms with van der Waals surface area (Å²) in [5.41, 5.74) is -1.02. The van der Waals surface area contributed by atoms with Crippen molar-refractivity contribution in [2.24, 2.45) is 0 Å². The Kier molecular flexibility index (Phi) is 5.81. The molecule has 7 nitrogen and oxygen atoms in total. The first-order chi connectivity index (χ1) is 10.2. The molecule has 120 valence electrons. The van der Waals surface area contributed by atoms with Crippen LogP contribution in [-0.4, -0.2) is 38.7 Å². The first-order valence-electron chi connectivity index (χ1n) is 6.70. The van der Waals surface area contributed by atoms with Crippen LogP contribution in [0.4, 0.5) is 5.69 Å². The van der Waals surface area contributed by atoms with E-state index in [1.807, 2.05) is 0 Å². The molecule has 0 aliphatic carbocycles. The van der Waals surface area contributed by atoms with Gasteiger partial charge >= 0.3 is 11.9 Å². The van der Waals surface area contributed by atoms with E-state index in [2.05, 4.69) is 24.4 Å². The molecule has 0 aromatic heterocycles. The molecule has 0 bridgehead atoms. The van der Waals surface area contributed by atoms with E-state index in [-0.39, 0.29) is 17.7 Å². The number of benzene rings is 1. The first kappa shape index (κ1) is 17.8. The summed E-state index contributed by atoms with van der Waals surface area (Å²) in [6, 6.07) is 4.56. The molecule has 0 saturated carbocycles. The first-order valence-corrected chi connectivity index (χ1v) is 10.4. The van der Waals surface area contributed by atoms with Gasteiger partial charge in [0.1, 0.15) is 0 Å². The normalized spacial score (nSPS) is 10.9. The van der Waals surface area contributed by atoms with Gasteiger partial charge in [-0.05, 0) is 12.1 Å². The van der Waals surface area contributed by atoms with E-state index in [1.54, 1.807) is 0 Å². The molecule has 0 amide bonds. The average molecular weight is 325 g/mol. The van der Waals surface area contributed by atoms with Gasteiger partial charge in [-0.15, -0.1) is 0 Å². The molecule has 0 saturated heterocycles. The number of carbonyl (C=O) groups is 2. The largest absolute Gasteiger partial charge is 0.465 e. The zero-order valence-corrected chi connectivity index (χ0v) is 14.0. The summed E-state index contributed by atoms with van der Waals surface area (Å²) in [7, 11) is -0.277. The van der Waals surface area contributed by atoms with Crippen LogP contribution in [0.25, 0.3) is 0 Å². The molecule has 22 heavy (non-hydrogen) atoms. The SMILES string of the molecule is COC(=O)c1c(C(=O)OCC[Si](C)(C)C)cccc1[N+](=O)[O-]. The van der Waals surface area contributed by atoms with Crippen LogP contribution < -0.4 is 0 Å². The van der Waals surface area contributed by atoms with Crippen molar-refractivity contribution in [1.29, 1.82) is 0 Å². The Balaban J connectivity index is 3.08. The molecule has 8 heteroatoms. The lowest BCUT2D eigenvalue weighted by molar-refractivity contribution is -0.385. The van der Waals surface area contributed by atoms with Gasteiger partial charge in [-0.2, -0.15) is 0 Å². The summed E-state index contributed by atoms with van der Waals surface area (Å²) >= 11 is 0. The third-order valence-corrected chi connectivity index (χ3v) is 4.64. The van der Waals surface area contributed by atoms with Gasteiger partial charge in [0.2, 0.25) is 0 Å². The third-order valence-electron chi connectivity index (χ3n) is 2.93. The van der Waals surface area contributed by atoms with Crippen molar-refractivity contribution >= 4 is 25.7 Å². The molecule has 0 atom stereocenters. The maximum absolute atomic E-state index is 12.1. The molecule has 1 rings (SSSR count). The lowest BCUT2D eigenvalue weighted by Crippen LogP contribution is -2.23. The predicted molar refractivity (Wildman–Crippen MR) is 82.9 cm³/mol. The van der Waals surface area contributed by atoms with E-state index in [0.29, 0.717) is 0 Å². The van der Waals surface area contributed by atoms with Crippen molar-refractivity contribution < 1.29 is 24.0 Å². The Hall–Kier alpha value is -2.22. The van der Waals surface area contributed by atoms with Crippen molar-refractivity contribution in [3.05, 3.63) is 39.4 Å². The van der Waals surface area contributed by atoms with Crippen molar-refractivity contribution in [3.63, 3.8) is 0 Å². The number of nitro benzene ring substituents is 1. The van der Waals surface area contributed by atoms with E-state index in [0.717, 1.165) is 19.2 Å². The van der Waals surface area contributed by atoms with Crippen LogP contribution in [0.2, 0.25) is 25.7 Å². The number of hydrogen-bond acceptors (Lipinski definition) is 6. The molecular weight excluding hydrogens is 306 g/mol. The molecule has 0 aliphatic heterocycles. The molecule has 0 heterocycles. The van der Waals surface area contributed by atoms with Gasteiger partial charge in [0, 0.05) is 14.1 Å². The minimum atomic E-state index is -1.37. The molecule has 0 spiro atoms. The van der Waals surface area contributed by atoms with Crippen LogP contribution in [0.3, 0.4) is 0 Å². The summed E-state index contributed by atoms with van der Waals surface area (Å²) in [4.78, 5) is 34.2. The monoisotopic (exact) mass is 325 g/mol. The van der Waals surface area contributed by atoms with Crippen molar-refractivity contribution in [1.82, 2.24) is 0 Å². The maximum Gasteiger partial charge on any atom is 0.345 e. The Morgan fingerprint density at radius 2 is 1.86 bits per heavy atom. The molecule has 0 unspecified atom stereocenters. The summed E-state index contributed by atoms with van der Waals surface area (Å²) < 4.78 is 9.67. The highest BCUT2D eigenvalue weighted by Gasteiger charge is 2.28. The number of hydrogen-bond donors (Lipinski definition) is 0. The molecule has 1 aromatic carbocycles. The van der Waals surface area contributed by atoms with Gasteiger partial charge in [-0.3, -0.25) is 10.1 Å². The van der Waals surface area contributed by atoms with Gasteiger partial charge in [0.25, 0.3) is 5.69 Å². The number of nitro groups is 1. The van der Waals surface area contributed by atoms with Crippen LogP contribution in [-0.2, 0) is 9.47 Å². The predicted octanol–water partition coefficient (Wildman–Crippen LogP) is 2.88. The van der Waals surface area contributed by atoms with Crippen molar-refractivity contribution in [2.75, 3.05) is 13.7 Å². The number of carbonyl (C=O) groups excluding carboxylic acids is 2. The van der Waals surface area contributed by atoms with Crippen LogP contribution >= 0.6 is 0 Å². The lowest BCUT2D eigenvalue weighted by Gasteiger charge is -2.15. The second-order valence-corrected chi connectivity index (χ2v) is 11.5. The lowest BCUT2D eigenvalue weighted by atomic mass is 10.1. The zero-order chi connectivity index (χ0) is 16.9. The Labute approximate surface area is 129 Å². The van der Waals surface area contributed by atoms with Crippen molar-refractivity contribution in [3.8, 4) is 0 Å². The fraction of sp³-hybridized carbons (Fsp3) is 0.429. The van der Waals surface area contributed by atoms with E-state index < -0.39 is 30.6 Å². The smallest absolute Gasteiger partial charge is 0.345 e. The van der Waals surface area contributed by atoms with Crippen molar-refractivity contribution in [2.45, 2.75) is 25.7 Å². The summed E-state index contributed by atoms with van der Waals surface area (Å²) in [5, 5.41) is 11.0. The van der Waals surface area contributed by atoms with Gasteiger partial charge in [0.15, 0.2) is 5.56 Å². The average Bonchev–Trinajstić information content (AvgIpc) is 2.44. The topological polar surface area (TPSA) is 95.7 Å². The van der Waals surface area contributed by atoms with E-state index in [9.17, 15) is 19.7 Å². The summed E-state index contributed by atoms with van der Waals surface area (Å²) in [6.45, 7) is 6.62. The molecular formula is C14H19NO6Si. The van der Waals surface area contributed by atoms with Crippen LogP contribution in [0.1, 0.15) is 20.7 Å². The van der Waals surface area contributed by atoms with Crippen LogP contribution in [0.5, 0.6) is 0 Å². The standard InChI is InChI=1S/C14H19NO6Si/c1-20-14(17)12-10(6-5-7-11(12)15(18)19)13(16)21-8-9-22(2,3)4/h5-7H,8-9H2,1-4H3. The van der Waals surface area contributed by atoms with Gasteiger partial charge < -0.3 is 9.47 Å². The number of ether oxygens (including phenoxy) is 2. The Bertz CT molecular complexity index is 593. The molecule has 0 aliphatic rings. The second-order valence-electron chi connectivity index (χ2n) is 5.89. The molecule has 1 aromatic rings. The highest BCUT2D eigenvalue weighted by Crippen LogP contribution is 2.24.